The zero-order valence-corrected chi connectivity index (χ0v) is 18.1. The van der Waals surface area contributed by atoms with Crippen molar-refractivity contribution in [2.75, 3.05) is 6.61 Å². The third kappa shape index (κ3) is 8.33. The number of hydrogen-bond acceptors (Lipinski definition) is 8. The van der Waals surface area contributed by atoms with Crippen LogP contribution in [0.4, 0.5) is 0 Å². The Labute approximate surface area is 181 Å². The summed E-state index contributed by atoms with van der Waals surface area (Å²) in [4.78, 5) is 23.1. The minimum Gasteiger partial charge on any atom is -0.508 e. The number of hydrogen-bond donors (Lipinski definition) is 3. The largest absolute Gasteiger partial charge is 0.508 e. The fourth-order valence-corrected chi connectivity index (χ4v) is 2.97. The van der Waals surface area contributed by atoms with E-state index in [1.165, 1.54) is 31.4 Å². The second-order valence-corrected chi connectivity index (χ2v) is 8.07. The topological polar surface area (TPSA) is 126 Å². The van der Waals surface area contributed by atoms with Gasteiger partial charge in [0.2, 0.25) is 0 Å². The van der Waals surface area contributed by atoms with Crippen molar-refractivity contribution in [2.45, 2.75) is 64.6 Å². The van der Waals surface area contributed by atoms with Gasteiger partial charge in [-0.1, -0.05) is 0 Å². The molecule has 1 unspecified atom stereocenters. The molecule has 1 heterocycles. The van der Waals surface area contributed by atoms with Crippen molar-refractivity contribution in [3.8, 4) is 22.8 Å². The summed E-state index contributed by atoms with van der Waals surface area (Å²) < 4.78 is 16.0. The summed E-state index contributed by atoms with van der Waals surface area (Å²) in [7, 11) is 0. The Hall–Kier alpha value is -3.00. The fraction of sp³-hybridized carbons (Fsp3) is 0.478. The molecule has 0 fully saturated rings. The van der Waals surface area contributed by atoms with Gasteiger partial charge in [0.1, 0.15) is 23.4 Å². The third-order valence-electron chi connectivity index (χ3n) is 4.61. The van der Waals surface area contributed by atoms with Crippen LogP contribution in [0.25, 0.3) is 11.3 Å². The van der Waals surface area contributed by atoms with E-state index in [9.17, 15) is 24.9 Å². The predicted octanol–water partition coefficient (Wildman–Crippen LogP) is 4.23. The normalized spacial score (nSPS) is 12.4. The number of ether oxygens (including phenoxy) is 2. The van der Waals surface area contributed by atoms with Crippen molar-refractivity contribution < 1.29 is 38.8 Å². The van der Waals surface area contributed by atoms with E-state index >= 15 is 0 Å². The molecular weight excluding hydrogens is 404 g/mol. The van der Waals surface area contributed by atoms with Crippen LogP contribution in [-0.2, 0) is 19.1 Å². The second-order valence-electron chi connectivity index (χ2n) is 8.07. The highest BCUT2D eigenvalue weighted by molar-refractivity contribution is 5.70. The van der Waals surface area contributed by atoms with Crippen LogP contribution >= 0.6 is 0 Å². The van der Waals surface area contributed by atoms with Crippen LogP contribution in [-0.4, -0.2) is 39.5 Å². The minimum absolute atomic E-state index is 0.0236. The molecule has 31 heavy (non-hydrogen) atoms. The summed E-state index contributed by atoms with van der Waals surface area (Å²) in [5.41, 5.74) is -0.0513. The number of aromatic hydroxyl groups is 2. The van der Waals surface area contributed by atoms with E-state index in [0.29, 0.717) is 42.6 Å². The van der Waals surface area contributed by atoms with Gasteiger partial charge < -0.3 is 29.2 Å². The maximum Gasteiger partial charge on any atom is 0.306 e. The Morgan fingerprint density at radius 2 is 1.90 bits per heavy atom. The number of unbranched alkanes of at least 4 members (excludes halogenated alkanes) is 1. The van der Waals surface area contributed by atoms with Crippen molar-refractivity contribution in [2.24, 2.45) is 0 Å². The molecule has 0 aliphatic rings. The molecular formula is C23H30O8. The quantitative estimate of drug-likeness (QED) is 0.272. The third-order valence-corrected chi connectivity index (χ3v) is 4.61. The summed E-state index contributed by atoms with van der Waals surface area (Å²) in [6, 6.07) is 5.73. The number of carbonyl (C=O) groups is 2. The maximum atomic E-state index is 12.3. The first-order valence-electron chi connectivity index (χ1n) is 10.2. The highest BCUT2D eigenvalue weighted by atomic mass is 16.5. The molecule has 3 N–H and O–H groups in total. The van der Waals surface area contributed by atoms with Crippen LogP contribution in [0.3, 0.4) is 0 Å². The van der Waals surface area contributed by atoms with Crippen LogP contribution in [0, 0.1) is 0 Å². The highest BCUT2D eigenvalue weighted by Gasteiger charge is 2.24. The van der Waals surface area contributed by atoms with E-state index in [1.807, 2.05) is 0 Å². The first-order valence-corrected chi connectivity index (χ1v) is 10.2. The number of furan rings is 1. The summed E-state index contributed by atoms with van der Waals surface area (Å²) in [6.45, 7) is 4.93. The molecule has 2 aromatic rings. The van der Waals surface area contributed by atoms with E-state index in [1.54, 1.807) is 19.9 Å². The molecule has 0 saturated heterocycles. The van der Waals surface area contributed by atoms with E-state index in [-0.39, 0.29) is 30.5 Å². The predicted molar refractivity (Wildman–Crippen MR) is 112 cm³/mol. The zero-order valence-electron chi connectivity index (χ0n) is 18.1. The molecule has 0 aliphatic heterocycles. The molecule has 170 valence electrons. The monoisotopic (exact) mass is 434 g/mol. The van der Waals surface area contributed by atoms with Gasteiger partial charge in [-0.25, -0.2) is 0 Å². The van der Waals surface area contributed by atoms with Crippen molar-refractivity contribution in [1.29, 1.82) is 0 Å². The van der Waals surface area contributed by atoms with Crippen LogP contribution in [0.1, 0.15) is 64.5 Å². The molecule has 0 radical (unpaired) electrons. The molecule has 8 nitrogen and oxygen atoms in total. The fourth-order valence-electron chi connectivity index (χ4n) is 2.97. The number of carbonyl (C=O) groups excluding carboxylic acids is 2. The van der Waals surface area contributed by atoms with E-state index < -0.39 is 17.7 Å². The Balaban J connectivity index is 2.07. The lowest BCUT2D eigenvalue weighted by molar-refractivity contribution is -0.150. The SMILES string of the molecule is CC(=O)OCCCCC(=O)OC(CCC(C)(C)O)c1coc(-c2cc(O)ccc2O)c1. The molecule has 2 rings (SSSR count). The second kappa shape index (κ2) is 10.9. The Morgan fingerprint density at radius 1 is 1.16 bits per heavy atom. The smallest absolute Gasteiger partial charge is 0.306 e. The molecule has 0 bridgehead atoms. The summed E-state index contributed by atoms with van der Waals surface area (Å²) in [5.74, 6) is -0.538. The number of benzene rings is 1. The lowest BCUT2D eigenvalue weighted by Gasteiger charge is -2.22. The van der Waals surface area contributed by atoms with E-state index in [2.05, 4.69) is 0 Å². The average Bonchev–Trinajstić information content (AvgIpc) is 3.15. The average molecular weight is 434 g/mol. The Bertz CT molecular complexity index is 878. The molecule has 0 aliphatic carbocycles. The molecule has 1 aromatic carbocycles. The van der Waals surface area contributed by atoms with Crippen molar-refractivity contribution in [3.63, 3.8) is 0 Å². The van der Waals surface area contributed by atoms with Crippen LogP contribution < -0.4 is 0 Å². The zero-order chi connectivity index (χ0) is 23.0. The van der Waals surface area contributed by atoms with Gasteiger partial charge in [0.05, 0.1) is 24.0 Å². The number of esters is 2. The Kier molecular flexibility index (Phi) is 8.50. The van der Waals surface area contributed by atoms with Gasteiger partial charge in [0.25, 0.3) is 0 Å². The maximum absolute atomic E-state index is 12.3. The van der Waals surface area contributed by atoms with Gasteiger partial charge in [-0.3, -0.25) is 9.59 Å². The van der Waals surface area contributed by atoms with E-state index in [0.717, 1.165) is 0 Å². The summed E-state index contributed by atoms with van der Waals surface area (Å²) >= 11 is 0. The van der Waals surface area contributed by atoms with Gasteiger partial charge >= 0.3 is 11.9 Å². The van der Waals surface area contributed by atoms with Crippen molar-refractivity contribution in [3.05, 3.63) is 36.1 Å². The van der Waals surface area contributed by atoms with Crippen molar-refractivity contribution >= 4 is 11.9 Å². The van der Waals surface area contributed by atoms with Gasteiger partial charge in [-0.15, -0.1) is 0 Å². The lowest BCUT2D eigenvalue weighted by atomic mass is 9.97. The van der Waals surface area contributed by atoms with Crippen LogP contribution in [0.5, 0.6) is 11.5 Å². The first kappa shape index (κ1) is 24.3. The molecule has 0 amide bonds. The van der Waals surface area contributed by atoms with Gasteiger partial charge in [-0.2, -0.15) is 0 Å². The molecule has 1 aromatic heterocycles. The highest BCUT2D eigenvalue weighted by Crippen LogP contribution is 2.36. The molecule has 1 atom stereocenters. The molecule has 0 saturated carbocycles. The first-order chi connectivity index (χ1) is 14.5. The van der Waals surface area contributed by atoms with Gasteiger partial charge in [0, 0.05) is 18.9 Å². The number of rotatable bonds is 11. The van der Waals surface area contributed by atoms with Crippen molar-refractivity contribution in [1.82, 2.24) is 0 Å². The molecule has 0 spiro atoms. The summed E-state index contributed by atoms with van der Waals surface area (Å²) in [6.07, 6.45) is 2.76. The lowest BCUT2D eigenvalue weighted by Crippen LogP contribution is -2.21. The minimum atomic E-state index is -0.940. The molecule has 8 heteroatoms. The van der Waals surface area contributed by atoms with Gasteiger partial charge in [-0.05, 0) is 63.8 Å². The van der Waals surface area contributed by atoms with Gasteiger partial charge in [0.15, 0.2) is 0 Å². The number of aliphatic hydroxyl groups is 1. The standard InChI is InChI=1S/C23H30O8/c1-15(24)29-11-5-4-6-22(27)31-20(9-10-23(2,3)28)16-12-21(30-14-16)18-13-17(25)7-8-19(18)26/h7-8,12-14,20,25-26,28H,4-6,9-11H2,1-3H3. The van der Waals surface area contributed by atoms with Crippen LogP contribution in [0.2, 0.25) is 0 Å². The number of phenols is 2. The number of phenolic OH excluding ortho intramolecular Hbond substituents is 2. The summed E-state index contributed by atoms with van der Waals surface area (Å²) in [5, 5.41) is 29.8. The Morgan fingerprint density at radius 3 is 2.58 bits per heavy atom. The van der Waals surface area contributed by atoms with E-state index in [4.69, 9.17) is 13.9 Å². The van der Waals surface area contributed by atoms with Crippen LogP contribution in [0.15, 0.2) is 34.9 Å².